The van der Waals surface area contributed by atoms with E-state index in [1.807, 2.05) is 6.07 Å². The van der Waals surface area contributed by atoms with Gasteiger partial charge in [-0.1, -0.05) is 196 Å². The molecule has 0 fully saturated rings. The van der Waals surface area contributed by atoms with Crippen LogP contribution in [0.1, 0.15) is 25.0 Å². The van der Waals surface area contributed by atoms with Gasteiger partial charge in [0, 0.05) is 27.7 Å². The summed E-state index contributed by atoms with van der Waals surface area (Å²) in [5.74, 6) is 0.750. The Morgan fingerprint density at radius 3 is 1.28 bits per heavy atom. The third kappa shape index (κ3) is 5.02. The van der Waals surface area contributed by atoms with Gasteiger partial charge in [-0.15, -0.1) is 0 Å². The summed E-state index contributed by atoms with van der Waals surface area (Å²) in [6.45, 7) is 4.60. The van der Waals surface area contributed by atoms with Crippen LogP contribution in [0.3, 0.4) is 0 Å². The number of hydrogen-bond donors (Lipinski definition) is 0. The van der Waals surface area contributed by atoms with E-state index in [1.54, 1.807) is 0 Å². The molecule has 8 aromatic carbocycles. The van der Waals surface area contributed by atoms with Crippen molar-refractivity contribution in [3.63, 3.8) is 0 Å². The van der Waals surface area contributed by atoms with E-state index in [4.69, 9.17) is 9.97 Å². The van der Waals surface area contributed by atoms with Crippen LogP contribution in [-0.4, -0.2) is 9.97 Å². The first-order valence-electron chi connectivity index (χ1n) is 18.3. The molecule has 2 heteroatoms. The minimum absolute atomic E-state index is 0.239. The van der Waals surface area contributed by atoms with Crippen molar-refractivity contribution >= 4 is 21.5 Å². The first kappa shape index (κ1) is 31.1. The summed E-state index contributed by atoms with van der Waals surface area (Å²) < 4.78 is 0. The highest BCUT2D eigenvalue weighted by atomic mass is 14.9. The fourth-order valence-electron chi connectivity index (χ4n) is 8.55. The van der Waals surface area contributed by atoms with Gasteiger partial charge < -0.3 is 0 Å². The van der Waals surface area contributed by atoms with Gasteiger partial charge in [0.15, 0.2) is 5.82 Å². The number of benzene rings is 8. The number of nitrogens with zero attached hydrogens (tertiary/aromatic N) is 2. The smallest absolute Gasteiger partial charge is 0.160 e. The van der Waals surface area contributed by atoms with Crippen LogP contribution in [0.2, 0.25) is 0 Å². The second kappa shape index (κ2) is 12.3. The third-order valence-electron chi connectivity index (χ3n) is 11.1. The topological polar surface area (TPSA) is 25.8 Å². The van der Waals surface area contributed by atoms with Gasteiger partial charge in [-0.2, -0.15) is 0 Å². The van der Waals surface area contributed by atoms with Crippen molar-refractivity contribution < 1.29 is 0 Å². The number of fused-ring (bicyclic) bond motifs is 5. The molecule has 1 aliphatic carbocycles. The summed E-state index contributed by atoms with van der Waals surface area (Å²) in [5.41, 5.74) is 14.9. The molecule has 0 saturated carbocycles. The molecule has 250 valence electrons. The van der Waals surface area contributed by atoms with Gasteiger partial charge in [0.05, 0.1) is 11.4 Å². The van der Waals surface area contributed by atoms with E-state index in [0.29, 0.717) is 0 Å². The molecule has 0 atom stereocenters. The van der Waals surface area contributed by atoms with E-state index in [2.05, 4.69) is 190 Å². The van der Waals surface area contributed by atoms with Crippen LogP contribution >= 0.6 is 0 Å². The molecule has 0 saturated heterocycles. The van der Waals surface area contributed by atoms with E-state index in [1.165, 1.54) is 71.6 Å². The van der Waals surface area contributed by atoms with E-state index in [0.717, 1.165) is 28.3 Å². The Morgan fingerprint density at radius 2 is 0.736 bits per heavy atom. The lowest BCUT2D eigenvalue weighted by Crippen LogP contribution is -2.17. The van der Waals surface area contributed by atoms with Crippen LogP contribution < -0.4 is 0 Å². The normalized spacial score (nSPS) is 12.9. The second-order valence-corrected chi connectivity index (χ2v) is 14.5. The van der Waals surface area contributed by atoms with E-state index < -0.39 is 0 Å². The molecule has 0 unspecified atom stereocenters. The molecule has 0 amide bonds. The standard InChI is InChI=1S/C51H36N2/c1-51(2)44-24-14-13-23-43(44)49-47(51)48(52-50(53-49)38-17-7-4-8-18-38)37-31-29-36(30-32-37)46-41-21-11-9-19-39(41)45(40-20-10-12-22-42(40)46)35-27-25-34(26-28-35)33-15-5-3-6-16-33/h3-32H,1-2H3. The monoisotopic (exact) mass is 676 g/mol. The van der Waals surface area contributed by atoms with E-state index in [9.17, 15) is 0 Å². The molecule has 0 aliphatic heterocycles. The predicted octanol–water partition coefficient (Wildman–Crippen LogP) is 13.4. The summed E-state index contributed by atoms with van der Waals surface area (Å²) in [6.07, 6.45) is 0. The molecular formula is C51H36N2. The second-order valence-electron chi connectivity index (χ2n) is 14.5. The maximum atomic E-state index is 5.33. The van der Waals surface area contributed by atoms with Gasteiger partial charge in [-0.05, 0) is 60.5 Å². The fourth-order valence-corrected chi connectivity index (χ4v) is 8.55. The Bertz CT molecular complexity index is 2760. The Labute approximate surface area is 310 Å². The summed E-state index contributed by atoms with van der Waals surface area (Å²) in [4.78, 5) is 10.5. The lowest BCUT2D eigenvalue weighted by molar-refractivity contribution is 0.658. The Kier molecular flexibility index (Phi) is 7.19. The van der Waals surface area contributed by atoms with Crippen LogP contribution in [0, 0.1) is 0 Å². The zero-order valence-electron chi connectivity index (χ0n) is 29.7. The fraction of sp³-hybridized carbons (Fsp3) is 0.0588. The van der Waals surface area contributed by atoms with E-state index in [-0.39, 0.29) is 5.41 Å². The van der Waals surface area contributed by atoms with Crippen LogP contribution in [0.25, 0.3) is 88.8 Å². The molecule has 0 radical (unpaired) electrons. The molecule has 9 aromatic rings. The average molecular weight is 677 g/mol. The molecule has 2 nitrogen and oxygen atoms in total. The van der Waals surface area contributed by atoms with Crippen molar-refractivity contribution in [3.05, 3.63) is 193 Å². The summed E-state index contributed by atoms with van der Waals surface area (Å²) in [7, 11) is 0. The van der Waals surface area contributed by atoms with Crippen molar-refractivity contribution in [1.82, 2.24) is 9.97 Å². The van der Waals surface area contributed by atoms with Crippen LogP contribution in [0.4, 0.5) is 0 Å². The van der Waals surface area contributed by atoms with Crippen LogP contribution in [0.15, 0.2) is 182 Å². The maximum Gasteiger partial charge on any atom is 0.160 e. The largest absolute Gasteiger partial charge is 0.228 e. The van der Waals surface area contributed by atoms with E-state index >= 15 is 0 Å². The van der Waals surface area contributed by atoms with Crippen molar-refractivity contribution in [3.8, 4) is 67.3 Å². The SMILES string of the molecule is CC1(C)c2ccccc2-c2nc(-c3ccccc3)nc(-c3ccc(-c4c5ccccc5c(-c5ccc(-c6ccccc6)cc5)c5ccccc45)cc3)c21. The minimum atomic E-state index is -0.239. The Morgan fingerprint density at radius 1 is 0.340 bits per heavy atom. The summed E-state index contributed by atoms with van der Waals surface area (Å²) in [5, 5.41) is 4.98. The van der Waals surface area contributed by atoms with Gasteiger partial charge in [-0.25, -0.2) is 9.97 Å². The lowest BCUT2D eigenvalue weighted by atomic mass is 9.80. The first-order valence-corrected chi connectivity index (χ1v) is 18.3. The van der Waals surface area contributed by atoms with Crippen molar-refractivity contribution in [2.75, 3.05) is 0 Å². The molecule has 1 aromatic heterocycles. The van der Waals surface area contributed by atoms with Crippen molar-refractivity contribution in [2.45, 2.75) is 19.3 Å². The quantitative estimate of drug-likeness (QED) is 0.170. The first-order chi connectivity index (χ1) is 26.1. The van der Waals surface area contributed by atoms with Gasteiger partial charge in [0.1, 0.15) is 0 Å². The Hall–Kier alpha value is -6.64. The highest BCUT2D eigenvalue weighted by Crippen LogP contribution is 2.52. The van der Waals surface area contributed by atoms with Crippen LogP contribution in [-0.2, 0) is 5.41 Å². The molecular weight excluding hydrogens is 641 g/mol. The zero-order chi connectivity index (χ0) is 35.5. The predicted molar refractivity (Wildman–Crippen MR) is 222 cm³/mol. The van der Waals surface area contributed by atoms with Crippen molar-refractivity contribution in [1.29, 1.82) is 0 Å². The number of aromatic nitrogens is 2. The molecule has 10 rings (SSSR count). The van der Waals surface area contributed by atoms with Gasteiger partial charge in [0.2, 0.25) is 0 Å². The molecule has 53 heavy (non-hydrogen) atoms. The highest BCUT2D eigenvalue weighted by Gasteiger charge is 2.40. The molecule has 0 spiro atoms. The number of hydrogen-bond acceptors (Lipinski definition) is 2. The molecule has 1 heterocycles. The molecule has 0 N–H and O–H groups in total. The molecule has 1 aliphatic rings. The summed E-state index contributed by atoms with van der Waals surface area (Å²) in [6, 6.07) is 65.4. The van der Waals surface area contributed by atoms with Gasteiger partial charge in [0.25, 0.3) is 0 Å². The van der Waals surface area contributed by atoms with Gasteiger partial charge >= 0.3 is 0 Å². The third-order valence-corrected chi connectivity index (χ3v) is 11.1. The summed E-state index contributed by atoms with van der Waals surface area (Å²) >= 11 is 0. The zero-order valence-corrected chi connectivity index (χ0v) is 29.7. The average Bonchev–Trinajstić information content (AvgIpc) is 3.46. The van der Waals surface area contributed by atoms with Crippen molar-refractivity contribution in [2.24, 2.45) is 0 Å². The van der Waals surface area contributed by atoms with Crippen LogP contribution in [0.5, 0.6) is 0 Å². The number of rotatable bonds is 5. The minimum Gasteiger partial charge on any atom is -0.228 e. The highest BCUT2D eigenvalue weighted by molar-refractivity contribution is 6.21. The molecule has 0 bridgehead atoms. The Balaban J connectivity index is 1.14. The maximum absolute atomic E-state index is 5.33. The van der Waals surface area contributed by atoms with Gasteiger partial charge in [-0.3, -0.25) is 0 Å². The lowest BCUT2D eigenvalue weighted by Gasteiger charge is -2.24.